The third kappa shape index (κ3) is 4.47. The quantitative estimate of drug-likeness (QED) is 0.717. The van der Waals surface area contributed by atoms with E-state index in [4.69, 9.17) is 0 Å². The molecule has 2 amide bonds. The minimum atomic E-state index is -3.55. The maximum atomic E-state index is 12.4. The van der Waals surface area contributed by atoms with E-state index in [1.165, 1.54) is 24.3 Å². The van der Waals surface area contributed by atoms with Crippen molar-refractivity contribution in [3.63, 3.8) is 0 Å². The second kappa shape index (κ2) is 8.11. The van der Waals surface area contributed by atoms with Crippen LogP contribution in [-0.2, 0) is 10.0 Å². The first-order valence-electron chi connectivity index (χ1n) is 8.02. The molecule has 0 saturated carbocycles. The minimum Gasteiger partial charge on any atom is -0.355 e. The average molecular weight is 375 g/mol. The van der Waals surface area contributed by atoms with Crippen molar-refractivity contribution < 1.29 is 18.0 Å². The summed E-state index contributed by atoms with van der Waals surface area (Å²) < 4.78 is 26.2. The summed E-state index contributed by atoms with van der Waals surface area (Å²) in [7, 11) is -2.00. The zero-order chi connectivity index (χ0) is 19.3. The van der Waals surface area contributed by atoms with Crippen molar-refractivity contribution in [3.05, 3.63) is 59.2 Å². The summed E-state index contributed by atoms with van der Waals surface area (Å²) in [5.74, 6) is -0.573. The van der Waals surface area contributed by atoms with Crippen LogP contribution >= 0.6 is 0 Å². The van der Waals surface area contributed by atoms with Crippen molar-refractivity contribution in [2.24, 2.45) is 0 Å². The molecule has 0 aliphatic carbocycles. The maximum absolute atomic E-state index is 12.4. The molecule has 2 rings (SSSR count). The Morgan fingerprint density at radius 1 is 0.962 bits per heavy atom. The van der Waals surface area contributed by atoms with Gasteiger partial charge in [-0.15, -0.1) is 0 Å². The number of anilines is 1. The van der Waals surface area contributed by atoms with Crippen LogP contribution in [0.25, 0.3) is 0 Å². The summed E-state index contributed by atoms with van der Waals surface area (Å²) in [6.45, 7) is 3.77. The van der Waals surface area contributed by atoms with Gasteiger partial charge in [0.25, 0.3) is 11.8 Å². The van der Waals surface area contributed by atoms with E-state index in [-0.39, 0.29) is 23.3 Å². The Morgan fingerprint density at radius 3 is 2.12 bits per heavy atom. The predicted octanol–water partition coefficient (Wildman–Crippen LogP) is 1.91. The number of hydrogen-bond acceptors (Lipinski definition) is 4. The van der Waals surface area contributed by atoms with E-state index in [0.717, 1.165) is 5.56 Å². The van der Waals surface area contributed by atoms with Gasteiger partial charge in [0.2, 0.25) is 10.0 Å². The van der Waals surface area contributed by atoms with Crippen molar-refractivity contribution in [2.45, 2.75) is 18.7 Å². The van der Waals surface area contributed by atoms with Crippen LogP contribution in [0.4, 0.5) is 5.69 Å². The normalized spacial score (nSPS) is 11.0. The van der Waals surface area contributed by atoms with Crippen molar-refractivity contribution >= 4 is 27.5 Å². The lowest BCUT2D eigenvalue weighted by Crippen LogP contribution is -2.23. The molecule has 0 atom stereocenters. The van der Waals surface area contributed by atoms with Gasteiger partial charge in [-0.05, 0) is 55.0 Å². The van der Waals surface area contributed by atoms with E-state index in [9.17, 15) is 18.0 Å². The van der Waals surface area contributed by atoms with Crippen LogP contribution in [0.15, 0.2) is 47.4 Å². The van der Waals surface area contributed by atoms with E-state index in [2.05, 4.69) is 15.4 Å². The third-order valence-corrected chi connectivity index (χ3v) is 5.29. The molecule has 0 radical (unpaired) electrons. The highest BCUT2D eigenvalue weighted by Gasteiger charge is 2.14. The standard InChI is InChI=1S/C18H21N3O4S/c1-4-20-26(24,25)15-8-5-13(6-9-15)18(23)21-16-10-7-14(11-12(16)2)17(22)19-3/h5-11,20H,4H2,1-3H3,(H,19,22)(H,21,23). The number of nitrogens with one attached hydrogen (secondary N) is 3. The molecule has 0 unspecified atom stereocenters. The summed E-state index contributed by atoms with van der Waals surface area (Å²) in [5, 5.41) is 5.30. The average Bonchev–Trinajstić information content (AvgIpc) is 2.62. The first-order chi connectivity index (χ1) is 12.3. The Kier molecular flexibility index (Phi) is 6.12. The molecule has 0 aliphatic heterocycles. The second-order valence-corrected chi connectivity index (χ2v) is 7.36. The van der Waals surface area contributed by atoms with Crippen molar-refractivity contribution in [2.75, 3.05) is 18.9 Å². The predicted molar refractivity (Wildman–Crippen MR) is 99.8 cm³/mol. The van der Waals surface area contributed by atoms with Gasteiger partial charge in [-0.3, -0.25) is 9.59 Å². The Morgan fingerprint density at radius 2 is 1.58 bits per heavy atom. The van der Waals surface area contributed by atoms with Crippen molar-refractivity contribution in [3.8, 4) is 0 Å². The number of carbonyl (C=O) groups excluding carboxylic acids is 2. The van der Waals surface area contributed by atoms with Crippen molar-refractivity contribution in [1.82, 2.24) is 10.0 Å². The Balaban J connectivity index is 2.17. The van der Waals surface area contributed by atoms with Crippen LogP contribution in [0.2, 0.25) is 0 Å². The largest absolute Gasteiger partial charge is 0.355 e. The number of hydrogen-bond donors (Lipinski definition) is 3. The van der Waals surface area contributed by atoms with Crippen LogP contribution in [0.5, 0.6) is 0 Å². The van der Waals surface area contributed by atoms with Gasteiger partial charge in [0, 0.05) is 30.4 Å². The number of amides is 2. The summed E-state index contributed by atoms with van der Waals surface area (Å²) in [6, 6.07) is 10.6. The van der Waals surface area contributed by atoms with Gasteiger partial charge in [-0.25, -0.2) is 13.1 Å². The van der Waals surface area contributed by atoms with Gasteiger partial charge in [0.05, 0.1) is 4.90 Å². The van der Waals surface area contributed by atoms with Crippen LogP contribution < -0.4 is 15.4 Å². The molecule has 138 valence electrons. The highest BCUT2D eigenvalue weighted by molar-refractivity contribution is 7.89. The molecule has 0 spiro atoms. The summed E-state index contributed by atoms with van der Waals surface area (Å²) in [6.07, 6.45) is 0. The molecule has 7 nitrogen and oxygen atoms in total. The summed E-state index contributed by atoms with van der Waals surface area (Å²) in [4.78, 5) is 24.1. The zero-order valence-corrected chi connectivity index (χ0v) is 15.6. The third-order valence-electron chi connectivity index (χ3n) is 3.73. The van der Waals surface area contributed by atoms with Crippen LogP contribution in [0, 0.1) is 6.92 Å². The fourth-order valence-electron chi connectivity index (χ4n) is 2.34. The fraction of sp³-hybridized carbons (Fsp3) is 0.222. The number of rotatable bonds is 6. The van der Waals surface area contributed by atoms with Crippen LogP contribution in [-0.4, -0.2) is 33.8 Å². The van der Waals surface area contributed by atoms with Gasteiger partial charge in [-0.1, -0.05) is 6.92 Å². The minimum absolute atomic E-state index is 0.0991. The number of aryl methyl sites for hydroxylation is 1. The number of carbonyl (C=O) groups is 2. The Labute approximate surface area is 152 Å². The SMILES string of the molecule is CCNS(=O)(=O)c1ccc(C(=O)Nc2ccc(C(=O)NC)cc2C)cc1. The van der Waals surface area contributed by atoms with Gasteiger partial charge >= 0.3 is 0 Å². The van der Waals surface area contributed by atoms with Crippen LogP contribution in [0.1, 0.15) is 33.2 Å². The van der Waals surface area contributed by atoms with E-state index >= 15 is 0 Å². The first-order valence-corrected chi connectivity index (χ1v) is 9.50. The number of sulfonamides is 1. The monoisotopic (exact) mass is 375 g/mol. The van der Waals surface area contributed by atoms with E-state index in [0.29, 0.717) is 16.8 Å². The lowest BCUT2D eigenvalue weighted by Gasteiger charge is -2.10. The van der Waals surface area contributed by atoms with Gasteiger partial charge in [-0.2, -0.15) is 0 Å². The van der Waals surface area contributed by atoms with Gasteiger partial charge < -0.3 is 10.6 Å². The fourth-order valence-corrected chi connectivity index (χ4v) is 3.38. The molecule has 0 fully saturated rings. The highest BCUT2D eigenvalue weighted by atomic mass is 32.2. The molecular weight excluding hydrogens is 354 g/mol. The molecule has 8 heteroatoms. The summed E-state index contributed by atoms with van der Waals surface area (Å²) >= 11 is 0. The smallest absolute Gasteiger partial charge is 0.255 e. The molecule has 2 aromatic rings. The van der Waals surface area contributed by atoms with E-state index < -0.39 is 10.0 Å². The Bertz CT molecular complexity index is 922. The molecule has 0 heterocycles. The molecule has 26 heavy (non-hydrogen) atoms. The van der Waals surface area contributed by atoms with Gasteiger partial charge in [0.1, 0.15) is 0 Å². The zero-order valence-electron chi connectivity index (χ0n) is 14.8. The molecule has 0 aliphatic rings. The Hall–Kier alpha value is -2.71. The molecular formula is C18H21N3O4S. The maximum Gasteiger partial charge on any atom is 0.255 e. The lowest BCUT2D eigenvalue weighted by molar-refractivity contribution is 0.0962. The molecule has 0 bridgehead atoms. The lowest BCUT2D eigenvalue weighted by atomic mass is 10.1. The summed E-state index contributed by atoms with van der Waals surface area (Å²) in [5.41, 5.74) is 2.15. The molecule has 0 aromatic heterocycles. The van der Waals surface area contributed by atoms with Gasteiger partial charge in [0.15, 0.2) is 0 Å². The van der Waals surface area contributed by atoms with E-state index in [1.54, 1.807) is 39.1 Å². The first kappa shape index (κ1) is 19.6. The van der Waals surface area contributed by atoms with Crippen LogP contribution in [0.3, 0.4) is 0 Å². The second-order valence-electron chi connectivity index (χ2n) is 5.59. The molecule has 3 N–H and O–H groups in total. The number of benzene rings is 2. The van der Waals surface area contributed by atoms with Crippen molar-refractivity contribution in [1.29, 1.82) is 0 Å². The highest BCUT2D eigenvalue weighted by Crippen LogP contribution is 2.18. The molecule has 0 saturated heterocycles. The topological polar surface area (TPSA) is 104 Å². The van der Waals surface area contributed by atoms with E-state index in [1.807, 2.05) is 0 Å². The molecule has 2 aromatic carbocycles.